The van der Waals surface area contributed by atoms with E-state index in [0.29, 0.717) is 12.5 Å². The summed E-state index contributed by atoms with van der Waals surface area (Å²) < 4.78 is 0. The van der Waals surface area contributed by atoms with Crippen LogP contribution in [0.3, 0.4) is 0 Å². The average molecular weight is 270 g/mol. The molecule has 3 nitrogen and oxygen atoms in total. The van der Waals surface area contributed by atoms with Gasteiger partial charge in [-0.1, -0.05) is 26.0 Å². The Morgan fingerprint density at radius 3 is 2.78 bits per heavy atom. The minimum atomic E-state index is -0.0741. The first-order chi connectivity index (χ1) is 8.47. The van der Waals surface area contributed by atoms with Gasteiger partial charge in [-0.05, 0) is 30.0 Å². The maximum absolute atomic E-state index is 11.7. The van der Waals surface area contributed by atoms with Crippen molar-refractivity contribution in [3.63, 3.8) is 0 Å². The number of rotatable bonds is 6. The van der Waals surface area contributed by atoms with Crippen LogP contribution in [0.4, 0.5) is 0 Å². The van der Waals surface area contributed by atoms with Gasteiger partial charge in [-0.25, -0.2) is 0 Å². The Labute approximate surface area is 113 Å². The molecule has 0 heterocycles. The number of hydrogen-bond acceptors (Lipinski definition) is 2. The lowest BCUT2D eigenvalue weighted by molar-refractivity contribution is -0.120. The maximum atomic E-state index is 11.7. The highest BCUT2D eigenvalue weighted by Crippen LogP contribution is 2.12. The summed E-state index contributed by atoms with van der Waals surface area (Å²) in [6.07, 6.45) is 1.15. The number of alkyl halides is 1. The van der Waals surface area contributed by atoms with Crippen molar-refractivity contribution >= 4 is 17.5 Å². The van der Waals surface area contributed by atoms with Gasteiger partial charge in [0.2, 0.25) is 5.91 Å². The molecule has 1 unspecified atom stereocenters. The molecule has 0 aromatic heterocycles. The molecule has 4 heteroatoms. The zero-order valence-electron chi connectivity index (χ0n) is 10.8. The van der Waals surface area contributed by atoms with Gasteiger partial charge in [0.15, 0.2) is 0 Å². The largest absolute Gasteiger partial charge is 0.508 e. The van der Waals surface area contributed by atoms with Gasteiger partial charge in [-0.3, -0.25) is 4.79 Å². The number of amides is 1. The van der Waals surface area contributed by atoms with Crippen LogP contribution in [0.1, 0.15) is 25.8 Å². The molecule has 18 heavy (non-hydrogen) atoms. The van der Waals surface area contributed by atoms with Crippen molar-refractivity contribution < 1.29 is 9.90 Å². The van der Waals surface area contributed by atoms with Crippen LogP contribution in [0, 0.1) is 5.92 Å². The zero-order valence-corrected chi connectivity index (χ0v) is 11.6. The maximum Gasteiger partial charge on any atom is 0.224 e. The van der Waals surface area contributed by atoms with E-state index >= 15 is 0 Å². The molecule has 1 atom stereocenters. The van der Waals surface area contributed by atoms with Gasteiger partial charge in [-0.15, -0.1) is 11.6 Å². The summed E-state index contributed by atoms with van der Waals surface area (Å²) in [6.45, 7) is 4.69. The second-order valence-electron chi connectivity index (χ2n) is 4.88. The molecule has 0 aliphatic rings. The highest BCUT2D eigenvalue weighted by Gasteiger charge is 2.09. The first-order valence-corrected chi connectivity index (χ1v) is 6.59. The summed E-state index contributed by atoms with van der Waals surface area (Å²) in [6, 6.07) is 6.71. The molecule has 0 spiro atoms. The number of nitrogens with one attached hydrogen (secondary N) is 1. The second kappa shape index (κ2) is 7.27. The van der Waals surface area contributed by atoms with Crippen LogP contribution in [0.2, 0.25) is 0 Å². The topological polar surface area (TPSA) is 49.3 Å². The first kappa shape index (κ1) is 14.8. The van der Waals surface area contributed by atoms with E-state index in [9.17, 15) is 9.90 Å². The Hall–Kier alpha value is -1.22. The van der Waals surface area contributed by atoms with Gasteiger partial charge in [0.25, 0.3) is 0 Å². The SMILES string of the molecule is CC(C)CC(Cl)CNC(=O)Cc1cccc(O)c1. The fourth-order valence-corrected chi connectivity index (χ4v) is 2.17. The van der Waals surface area contributed by atoms with E-state index in [1.807, 2.05) is 6.07 Å². The summed E-state index contributed by atoms with van der Waals surface area (Å²) in [4.78, 5) is 11.7. The summed E-state index contributed by atoms with van der Waals surface area (Å²) in [5, 5.41) is 12.1. The Morgan fingerprint density at radius 2 is 2.17 bits per heavy atom. The van der Waals surface area contributed by atoms with Crippen LogP contribution in [0.25, 0.3) is 0 Å². The van der Waals surface area contributed by atoms with Crippen LogP contribution in [0.15, 0.2) is 24.3 Å². The third-order valence-electron chi connectivity index (χ3n) is 2.52. The molecule has 0 fully saturated rings. The van der Waals surface area contributed by atoms with Crippen LogP contribution in [-0.4, -0.2) is 22.9 Å². The lowest BCUT2D eigenvalue weighted by atomic mass is 10.1. The number of hydrogen-bond donors (Lipinski definition) is 2. The van der Waals surface area contributed by atoms with Crippen LogP contribution >= 0.6 is 11.6 Å². The number of carbonyl (C=O) groups excluding carboxylic acids is 1. The summed E-state index contributed by atoms with van der Waals surface area (Å²) in [5.74, 6) is 0.626. The van der Waals surface area contributed by atoms with Gasteiger partial charge < -0.3 is 10.4 Å². The molecular weight excluding hydrogens is 250 g/mol. The highest BCUT2D eigenvalue weighted by atomic mass is 35.5. The van der Waals surface area contributed by atoms with Gasteiger partial charge in [-0.2, -0.15) is 0 Å². The fourth-order valence-electron chi connectivity index (χ4n) is 1.73. The first-order valence-electron chi connectivity index (χ1n) is 6.16. The third-order valence-corrected chi connectivity index (χ3v) is 2.86. The fraction of sp³-hybridized carbons (Fsp3) is 0.500. The van der Waals surface area contributed by atoms with Crippen LogP contribution in [0.5, 0.6) is 5.75 Å². The Kier molecular flexibility index (Phi) is 5.99. The number of phenolic OH excluding ortho intramolecular Hbond substituents is 1. The van der Waals surface area contributed by atoms with E-state index in [-0.39, 0.29) is 23.5 Å². The number of aromatic hydroxyl groups is 1. The van der Waals surface area contributed by atoms with Gasteiger partial charge in [0, 0.05) is 6.54 Å². The molecule has 100 valence electrons. The minimum absolute atomic E-state index is 0.0295. The van der Waals surface area contributed by atoms with Crippen molar-refractivity contribution in [3.05, 3.63) is 29.8 Å². The molecule has 0 bridgehead atoms. The molecule has 0 saturated carbocycles. The van der Waals surface area contributed by atoms with Gasteiger partial charge in [0.1, 0.15) is 5.75 Å². The van der Waals surface area contributed by atoms with Gasteiger partial charge in [0.05, 0.1) is 11.8 Å². The summed E-state index contributed by atoms with van der Waals surface area (Å²) in [7, 11) is 0. The third kappa shape index (κ3) is 5.92. The molecule has 2 N–H and O–H groups in total. The Bertz CT molecular complexity index is 393. The number of carbonyl (C=O) groups is 1. The lowest BCUT2D eigenvalue weighted by Crippen LogP contribution is -2.31. The van der Waals surface area contributed by atoms with E-state index < -0.39 is 0 Å². The smallest absolute Gasteiger partial charge is 0.224 e. The second-order valence-corrected chi connectivity index (χ2v) is 5.49. The minimum Gasteiger partial charge on any atom is -0.508 e. The van der Waals surface area contributed by atoms with Crippen molar-refractivity contribution in [1.82, 2.24) is 5.32 Å². The Balaban J connectivity index is 2.34. The molecule has 1 amide bonds. The molecule has 1 aromatic rings. The van der Waals surface area contributed by atoms with Crippen molar-refractivity contribution in [2.24, 2.45) is 5.92 Å². The molecule has 0 aliphatic carbocycles. The van der Waals surface area contributed by atoms with Crippen LogP contribution in [-0.2, 0) is 11.2 Å². The molecular formula is C14H20ClNO2. The standard InChI is InChI=1S/C14H20ClNO2/c1-10(2)6-12(15)9-16-14(18)8-11-4-3-5-13(17)7-11/h3-5,7,10,12,17H,6,8-9H2,1-2H3,(H,16,18). The number of halogens is 1. The van der Waals surface area contributed by atoms with Crippen molar-refractivity contribution in [2.75, 3.05) is 6.54 Å². The Morgan fingerprint density at radius 1 is 1.44 bits per heavy atom. The lowest BCUT2D eigenvalue weighted by Gasteiger charge is -2.13. The molecule has 1 aromatic carbocycles. The molecule has 0 saturated heterocycles. The van der Waals surface area contributed by atoms with E-state index in [0.717, 1.165) is 12.0 Å². The van der Waals surface area contributed by atoms with Gasteiger partial charge >= 0.3 is 0 Å². The van der Waals surface area contributed by atoms with E-state index in [2.05, 4.69) is 19.2 Å². The monoisotopic (exact) mass is 269 g/mol. The number of phenols is 1. The number of benzene rings is 1. The zero-order chi connectivity index (χ0) is 13.5. The predicted molar refractivity (Wildman–Crippen MR) is 73.9 cm³/mol. The molecule has 0 aliphatic heterocycles. The molecule has 1 rings (SSSR count). The predicted octanol–water partition coefficient (Wildman–Crippen LogP) is 2.70. The molecule has 0 radical (unpaired) electrons. The highest BCUT2D eigenvalue weighted by molar-refractivity contribution is 6.20. The van der Waals surface area contributed by atoms with E-state index in [1.54, 1.807) is 18.2 Å². The van der Waals surface area contributed by atoms with Crippen molar-refractivity contribution in [3.8, 4) is 5.75 Å². The average Bonchev–Trinajstić information content (AvgIpc) is 2.25. The van der Waals surface area contributed by atoms with E-state index in [1.165, 1.54) is 0 Å². The summed E-state index contributed by atoms with van der Waals surface area (Å²) >= 11 is 6.09. The summed E-state index contributed by atoms with van der Waals surface area (Å²) in [5.41, 5.74) is 0.794. The van der Waals surface area contributed by atoms with Crippen LogP contribution < -0.4 is 5.32 Å². The normalized spacial score (nSPS) is 12.4. The van der Waals surface area contributed by atoms with E-state index in [4.69, 9.17) is 11.6 Å². The van der Waals surface area contributed by atoms with Crippen molar-refractivity contribution in [1.29, 1.82) is 0 Å². The van der Waals surface area contributed by atoms with Crippen molar-refractivity contribution in [2.45, 2.75) is 32.1 Å². The quantitative estimate of drug-likeness (QED) is 0.780.